The molecule has 100 valence electrons. The average molecular weight is 265 g/mol. The summed E-state index contributed by atoms with van der Waals surface area (Å²) >= 11 is 0. The summed E-state index contributed by atoms with van der Waals surface area (Å²) in [7, 11) is -0.907. The van der Waals surface area contributed by atoms with Gasteiger partial charge in [0, 0.05) is 15.8 Å². The second-order valence-corrected chi connectivity index (χ2v) is 7.36. The summed E-state index contributed by atoms with van der Waals surface area (Å²) in [6.45, 7) is 6.55. The largest absolute Gasteiger partial charge is 0.398 e. The van der Waals surface area contributed by atoms with Crippen LogP contribution in [0.15, 0.2) is 23.1 Å². The van der Waals surface area contributed by atoms with E-state index in [9.17, 15) is 4.21 Å². The van der Waals surface area contributed by atoms with Gasteiger partial charge in [0.05, 0.1) is 10.8 Å². The molecule has 0 saturated heterocycles. The van der Waals surface area contributed by atoms with E-state index in [2.05, 4.69) is 13.8 Å². The van der Waals surface area contributed by atoms with E-state index < -0.39 is 10.8 Å². The van der Waals surface area contributed by atoms with Gasteiger partial charge < -0.3 is 5.73 Å². The maximum absolute atomic E-state index is 12.7. The Morgan fingerprint density at radius 3 is 2.61 bits per heavy atom. The molecule has 4 atom stereocenters. The Morgan fingerprint density at radius 1 is 1.22 bits per heavy atom. The van der Waals surface area contributed by atoms with Crippen molar-refractivity contribution in [2.45, 2.75) is 50.2 Å². The van der Waals surface area contributed by atoms with E-state index >= 15 is 0 Å². The molecule has 1 aromatic carbocycles. The van der Waals surface area contributed by atoms with Gasteiger partial charge in [-0.3, -0.25) is 4.21 Å². The number of hydrogen-bond donors (Lipinski definition) is 1. The van der Waals surface area contributed by atoms with Gasteiger partial charge in [0.2, 0.25) is 0 Å². The van der Waals surface area contributed by atoms with Gasteiger partial charge in [-0.25, -0.2) is 0 Å². The number of hydrogen-bond acceptors (Lipinski definition) is 2. The summed E-state index contributed by atoms with van der Waals surface area (Å²) in [4.78, 5) is 0.932. The molecule has 2 N–H and O–H groups in total. The lowest BCUT2D eigenvalue weighted by molar-refractivity contribution is 0.281. The summed E-state index contributed by atoms with van der Waals surface area (Å²) in [5.41, 5.74) is 7.64. The maximum Gasteiger partial charge on any atom is 0.0564 e. The number of nitrogen functional groups attached to an aromatic ring is 1. The Bertz CT molecular complexity index is 458. The first kappa shape index (κ1) is 13.6. The van der Waals surface area contributed by atoms with Crippen LogP contribution in [0.4, 0.5) is 5.69 Å². The van der Waals surface area contributed by atoms with Crippen molar-refractivity contribution in [1.29, 1.82) is 0 Å². The number of nitrogens with two attached hydrogens (primary N) is 1. The molecule has 3 heteroatoms. The molecule has 0 spiro atoms. The Labute approximate surface area is 112 Å². The highest BCUT2D eigenvalue weighted by Crippen LogP contribution is 2.34. The van der Waals surface area contributed by atoms with Gasteiger partial charge in [-0.15, -0.1) is 0 Å². The second-order valence-electron chi connectivity index (χ2n) is 5.66. The molecule has 1 aliphatic carbocycles. The van der Waals surface area contributed by atoms with Gasteiger partial charge >= 0.3 is 0 Å². The van der Waals surface area contributed by atoms with Crippen LogP contribution in [0.5, 0.6) is 0 Å². The van der Waals surface area contributed by atoms with Crippen molar-refractivity contribution in [3.05, 3.63) is 23.8 Å². The zero-order valence-corrected chi connectivity index (χ0v) is 12.3. The molecule has 2 rings (SSSR count). The first-order valence-electron chi connectivity index (χ1n) is 6.76. The van der Waals surface area contributed by atoms with Crippen molar-refractivity contribution < 1.29 is 4.21 Å². The Morgan fingerprint density at radius 2 is 1.94 bits per heavy atom. The minimum absolute atomic E-state index is 0.302. The lowest BCUT2D eigenvalue weighted by Crippen LogP contribution is -2.28. The smallest absolute Gasteiger partial charge is 0.0564 e. The molecule has 0 amide bonds. The molecule has 0 radical (unpaired) electrons. The van der Waals surface area contributed by atoms with Crippen LogP contribution in [0.3, 0.4) is 0 Å². The maximum atomic E-state index is 12.7. The molecular weight excluding hydrogens is 242 g/mol. The van der Waals surface area contributed by atoms with Crippen LogP contribution < -0.4 is 5.73 Å². The quantitative estimate of drug-likeness (QED) is 0.832. The summed E-state index contributed by atoms with van der Waals surface area (Å²) in [5.74, 6) is 1.44. The first-order valence-corrected chi connectivity index (χ1v) is 7.97. The molecule has 1 fully saturated rings. The van der Waals surface area contributed by atoms with E-state index in [-0.39, 0.29) is 0 Å². The summed E-state index contributed by atoms with van der Waals surface area (Å²) < 4.78 is 12.7. The fourth-order valence-corrected chi connectivity index (χ4v) is 4.54. The van der Waals surface area contributed by atoms with Gasteiger partial charge in [0.25, 0.3) is 0 Å². The lowest BCUT2D eigenvalue weighted by atomic mass is 9.81. The van der Waals surface area contributed by atoms with Crippen molar-refractivity contribution in [3.63, 3.8) is 0 Å². The minimum Gasteiger partial charge on any atom is -0.398 e. The van der Waals surface area contributed by atoms with Crippen molar-refractivity contribution >= 4 is 16.5 Å². The molecule has 1 aliphatic rings. The number of rotatable bonds is 2. The Hall–Kier alpha value is -0.830. The molecule has 1 aromatic rings. The third-order valence-electron chi connectivity index (χ3n) is 4.40. The summed E-state index contributed by atoms with van der Waals surface area (Å²) in [6.07, 6.45) is 3.34. The standard InChI is InChI=1S/C15H23NOS/c1-10-7-8-13(9-11(10)2)18(17)15-6-4-5-14(16)12(15)3/h4-6,10-11,13H,7-9,16H2,1-3H3. The van der Waals surface area contributed by atoms with E-state index in [0.29, 0.717) is 11.2 Å². The average Bonchev–Trinajstić information content (AvgIpc) is 2.35. The predicted octanol–water partition coefficient (Wildman–Crippen LogP) is 3.51. The van der Waals surface area contributed by atoms with Crippen molar-refractivity contribution in [3.8, 4) is 0 Å². The normalized spacial score (nSPS) is 30.1. The highest BCUT2D eigenvalue weighted by molar-refractivity contribution is 7.85. The topological polar surface area (TPSA) is 43.1 Å². The van der Waals surface area contributed by atoms with Crippen LogP contribution in [0, 0.1) is 18.8 Å². The van der Waals surface area contributed by atoms with E-state index in [1.165, 1.54) is 6.42 Å². The van der Waals surface area contributed by atoms with Gasteiger partial charge in [0.15, 0.2) is 0 Å². The van der Waals surface area contributed by atoms with Crippen LogP contribution in [0.2, 0.25) is 0 Å². The highest BCUT2D eigenvalue weighted by atomic mass is 32.2. The lowest BCUT2D eigenvalue weighted by Gasteiger charge is -2.31. The van der Waals surface area contributed by atoms with E-state index in [1.807, 2.05) is 25.1 Å². The van der Waals surface area contributed by atoms with Gasteiger partial charge in [-0.05, 0) is 55.7 Å². The van der Waals surface area contributed by atoms with Crippen LogP contribution in [0.25, 0.3) is 0 Å². The summed E-state index contributed by atoms with van der Waals surface area (Å²) in [6, 6.07) is 5.75. The summed E-state index contributed by atoms with van der Waals surface area (Å²) in [5, 5.41) is 0.302. The first-order chi connectivity index (χ1) is 8.50. The zero-order valence-electron chi connectivity index (χ0n) is 11.5. The Kier molecular flexibility index (Phi) is 4.10. The minimum atomic E-state index is -0.907. The SMILES string of the molecule is Cc1c(N)cccc1S(=O)C1CCC(C)C(C)C1. The third kappa shape index (κ3) is 2.61. The van der Waals surface area contributed by atoms with Crippen LogP contribution in [0.1, 0.15) is 38.7 Å². The number of benzene rings is 1. The van der Waals surface area contributed by atoms with Crippen molar-refractivity contribution in [1.82, 2.24) is 0 Å². The predicted molar refractivity (Wildman–Crippen MR) is 78.0 cm³/mol. The number of anilines is 1. The van der Waals surface area contributed by atoms with E-state index in [0.717, 1.165) is 34.9 Å². The molecule has 0 aliphatic heterocycles. The second kappa shape index (κ2) is 5.43. The van der Waals surface area contributed by atoms with Crippen LogP contribution in [-0.2, 0) is 10.8 Å². The molecule has 0 heterocycles. The monoisotopic (exact) mass is 265 g/mol. The van der Waals surface area contributed by atoms with Crippen LogP contribution in [-0.4, -0.2) is 9.46 Å². The molecule has 0 aromatic heterocycles. The van der Waals surface area contributed by atoms with Gasteiger partial charge in [-0.2, -0.15) is 0 Å². The van der Waals surface area contributed by atoms with Crippen molar-refractivity contribution in [2.24, 2.45) is 11.8 Å². The molecular formula is C15H23NOS. The van der Waals surface area contributed by atoms with E-state index in [1.54, 1.807) is 0 Å². The van der Waals surface area contributed by atoms with E-state index in [4.69, 9.17) is 5.73 Å². The fourth-order valence-electron chi connectivity index (χ4n) is 2.72. The molecule has 18 heavy (non-hydrogen) atoms. The molecule has 4 unspecified atom stereocenters. The molecule has 1 saturated carbocycles. The Balaban J connectivity index is 2.19. The highest BCUT2D eigenvalue weighted by Gasteiger charge is 2.29. The van der Waals surface area contributed by atoms with Gasteiger partial charge in [-0.1, -0.05) is 19.9 Å². The molecule has 2 nitrogen and oxygen atoms in total. The zero-order chi connectivity index (χ0) is 13.3. The fraction of sp³-hybridized carbons (Fsp3) is 0.600. The van der Waals surface area contributed by atoms with Crippen molar-refractivity contribution in [2.75, 3.05) is 5.73 Å². The molecule has 0 bridgehead atoms. The third-order valence-corrected chi connectivity index (χ3v) is 6.30. The van der Waals surface area contributed by atoms with Crippen LogP contribution >= 0.6 is 0 Å². The van der Waals surface area contributed by atoms with Gasteiger partial charge in [0.1, 0.15) is 0 Å².